The Morgan fingerprint density at radius 2 is 2.20 bits per heavy atom. The maximum atomic E-state index is 8.83. The average molecular weight is 230 g/mol. The number of methoxy groups -OCH3 is 1. The number of benzene rings is 1. The lowest BCUT2D eigenvalue weighted by molar-refractivity contribution is 0.134. The van der Waals surface area contributed by atoms with E-state index in [-0.39, 0.29) is 6.73 Å². The van der Waals surface area contributed by atoms with Gasteiger partial charge in [-0.3, -0.25) is 4.90 Å². The molecule has 0 atom stereocenters. The predicted molar refractivity (Wildman–Crippen MR) is 61.4 cm³/mol. The van der Waals surface area contributed by atoms with Gasteiger partial charge in [0.15, 0.2) is 0 Å². The minimum Gasteiger partial charge on any atom is -0.495 e. The smallest absolute Gasteiger partial charge is 0.137 e. The van der Waals surface area contributed by atoms with Gasteiger partial charge in [-0.15, -0.1) is 0 Å². The van der Waals surface area contributed by atoms with E-state index < -0.39 is 0 Å². The van der Waals surface area contributed by atoms with Crippen molar-refractivity contribution < 1.29 is 9.84 Å². The summed E-state index contributed by atoms with van der Waals surface area (Å²) in [5.41, 5.74) is 1.14. The van der Waals surface area contributed by atoms with Gasteiger partial charge < -0.3 is 9.84 Å². The molecule has 4 heteroatoms. The lowest BCUT2D eigenvalue weighted by Crippen LogP contribution is -2.21. The highest BCUT2D eigenvalue weighted by molar-refractivity contribution is 6.32. The zero-order valence-corrected chi connectivity index (χ0v) is 9.79. The molecule has 0 bridgehead atoms. The van der Waals surface area contributed by atoms with E-state index in [4.69, 9.17) is 21.4 Å². The average Bonchev–Trinajstić information content (AvgIpc) is 2.26. The summed E-state index contributed by atoms with van der Waals surface area (Å²) in [6.45, 7) is 0.878. The van der Waals surface area contributed by atoms with Crippen LogP contribution >= 0.6 is 11.6 Å². The van der Waals surface area contributed by atoms with E-state index in [0.29, 0.717) is 10.8 Å². The van der Waals surface area contributed by atoms with Crippen LogP contribution in [-0.4, -0.2) is 37.4 Å². The summed E-state index contributed by atoms with van der Waals surface area (Å²) in [5, 5.41) is 9.46. The van der Waals surface area contributed by atoms with Crippen LogP contribution in [0.3, 0.4) is 0 Å². The number of nitrogens with zero attached hydrogens (tertiary/aromatic N) is 1. The normalized spacial score (nSPS) is 10.7. The second-order valence-electron chi connectivity index (χ2n) is 3.44. The molecule has 84 valence electrons. The first-order valence-corrected chi connectivity index (χ1v) is 5.17. The topological polar surface area (TPSA) is 32.7 Å². The minimum atomic E-state index is 0.0733. The van der Waals surface area contributed by atoms with Crippen molar-refractivity contribution in [3.63, 3.8) is 0 Å². The van der Waals surface area contributed by atoms with Crippen LogP contribution < -0.4 is 4.74 Å². The number of rotatable bonds is 5. The highest BCUT2D eigenvalue weighted by Gasteiger charge is 2.02. The highest BCUT2D eigenvalue weighted by Crippen LogP contribution is 2.24. The van der Waals surface area contributed by atoms with Gasteiger partial charge in [0.1, 0.15) is 5.75 Å². The molecule has 0 aliphatic heterocycles. The zero-order valence-electron chi connectivity index (χ0n) is 9.03. The van der Waals surface area contributed by atoms with E-state index in [1.807, 2.05) is 30.1 Å². The van der Waals surface area contributed by atoms with Gasteiger partial charge in [-0.2, -0.15) is 0 Å². The molecule has 0 radical (unpaired) electrons. The molecule has 3 nitrogen and oxygen atoms in total. The molecule has 0 spiro atoms. The van der Waals surface area contributed by atoms with Crippen LogP contribution in [0, 0.1) is 0 Å². The molecule has 1 rings (SSSR count). The van der Waals surface area contributed by atoms with Crippen LogP contribution in [0.1, 0.15) is 5.56 Å². The molecular weight excluding hydrogens is 214 g/mol. The Hall–Kier alpha value is -0.770. The Morgan fingerprint density at radius 1 is 1.47 bits per heavy atom. The summed E-state index contributed by atoms with van der Waals surface area (Å²) in [7, 11) is 3.46. The maximum absolute atomic E-state index is 8.83. The Balaban J connectivity index is 2.59. The molecule has 0 saturated carbocycles. The number of aliphatic hydroxyl groups excluding tert-OH is 1. The molecule has 15 heavy (non-hydrogen) atoms. The number of hydrogen-bond donors (Lipinski definition) is 1. The summed E-state index contributed by atoms with van der Waals surface area (Å²) in [6.07, 6.45) is 0.862. The second kappa shape index (κ2) is 5.95. The van der Waals surface area contributed by atoms with Crippen LogP contribution in [0.5, 0.6) is 5.75 Å². The third-order valence-corrected chi connectivity index (χ3v) is 2.54. The van der Waals surface area contributed by atoms with Crippen LogP contribution in [-0.2, 0) is 6.42 Å². The first-order chi connectivity index (χ1) is 7.17. The SMILES string of the molecule is COc1ccc(CCN(C)CO)cc1Cl. The Morgan fingerprint density at radius 3 is 2.73 bits per heavy atom. The number of likely N-dealkylation sites (N-methyl/N-ethyl adjacent to an activating group) is 1. The molecule has 1 aromatic carbocycles. The molecule has 0 aliphatic carbocycles. The maximum Gasteiger partial charge on any atom is 0.137 e. The summed E-state index contributed by atoms with van der Waals surface area (Å²) in [5.74, 6) is 0.691. The van der Waals surface area contributed by atoms with Crippen molar-refractivity contribution in [1.82, 2.24) is 4.90 Å². The molecule has 0 aromatic heterocycles. The third kappa shape index (κ3) is 3.70. The summed E-state index contributed by atoms with van der Waals surface area (Å²) >= 11 is 5.99. The van der Waals surface area contributed by atoms with Gasteiger partial charge in [-0.25, -0.2) is 0 Å². The molecule has 0 saturated heterocycles. The summed E-state index contributed by atoms with van der Waals surface area (Å²) in [4.78, 5) is 1.83. The fourth-order valence-corrected chi connectivity index (χ4v) is 1.54. The molecule has 0 unspecified atom stereocenters. The largest absolute Gasteiger partial charge is 0.495 e. The van der Waals surface area contributed by atoms with Gasteiger partial charge >= 0.3 is 0 Å². The van der Waals surface area contributed by atoms with Crippen molar-refractivity contribution in [3.05, 3.63) is 28.8 Å². The summed E-state index contributed by atoms with van der Waals surface area (Å²) < 4.78 is 5.06. The lowest BCUT2D eigenvalue weighted by Gasteiger charge is -2.13. The molecular formula is C11H16ClNO2. The van der Waals surface area contributed by atoms with Crippen molar-refractivity contribution in [2.75, 3.05) is 27.4 Å². The van der Waals surface area contributed by atoms with Gasteiger partial charge in [-0.05, 0) is 31.2 Å². The Bertz CT molecular complexity index is 317. The fourth-order valence-electron chi connectivity index (χ4n) is 1.26. The number of halogens is 1. The van der Waals surface area contributed by atoms with Crippen molar-refractivity contribution >= 4 is 11.6 Å². The van der Waals surface area contributed by atoms with Gasteiger partial charge in [0.25, 0.3) is 0 Å². The van der Waals surface area contributed by atoms with E-state index in [0.717, 1.165) is 18.5 Å². The van der Waals surface area contributed by atoms with Crippen molar-refractivity contribution in [2.45, 2.75) is 6.42 Å². The van der Waals surface area contributed by atoms with Crippen LogP contribution in [0.2, 0.25) is 5.02 Å². The quantitative estimate of drug-likeness (QED) is 0.782. The monoisotopic (exact) mass is 229 g/mol. The fraction of sp³-hybridized carbons (Fsp3) is 0.455. The molecule has 1 aromatic rings. The van der Waals surface area contributed by atoms with Gasteiger partial charge in [-0.1, -0.05) is 17.7 Å². The zero-order chi connectivity index (χ0) is 11.3. The Kier molecular flexibility index (Phi) is 4.88. The van der Waals surface area contributed by atoms with Gasteiger partial charge in [0.2, 0.25) is 0 Å². The van der Waals surface area contributed by atoms with Gasteiger partial charge in [0.05, 0.1) is 18.9 Å². The van der Waals surface area contributed by atoms with E-state index >= 15 is 0 Å². The second-order valence-corrected chi connectivity index (χ2v) is 3.85. The number of ether oxygens (including phenoxy) is 1. The van der Waals surface area contributed by atoms with E-state index in [1.54, 1.807) is 7.11 Å². The van der Waals surface area contributed by atoms with Crippen molar-refractivity contribution in [2.24, 2.45) is 0 Å². The molecule has 0 aliphatic rings. The molecule has 0 fully saturated rings. The molecule has 1 N–H and O–H groups in total. The van der Waals surface area contributed by atoms with Crippen molar-refractivity contribution in [1.29, 1.82) is 0 Å². The van der Waals surface area contributed by atoms with Crippen LogP contribution in [0.25, 0.3) is 0 Å². The van der Waals surface area contributed by atoms with Crippen LogP contribution in [0.4, 0.5) is 0 Å². The van der Waals surface area contributed by atoms with E-state index in [9.17, 15) is 0 Å². The van der Waals surface area contributed by atoms with Gasteiger partial charge in [0, 0.05) is 6.54 Å². The number of hydrogen-bond acceptors (Lipinski definition) is 3. The molecule has 0 heterocycles. The van der Waals surface area contributed by atoms with E-state index in [2.05, 4.69) is 0 Å². The van der Waals surface area contributed by atoms with Crippen molar-refractivity contribution in [3.8, 4) is 5.75 Å². The lowest BCUT2D eigenvalue weighted by atomic mass is 10.1. The number of aliphatic hydroxyl groups is 1. The first kappa shape index (κ1) is 12.3. The van der Waals surface area contributed by atoms with E-state index in [1.165, 1.54) is 0 Å². The third-order valence-electron chi connectivity index (χ3n) is 2.24. The summed E-state index contributed by atoms with van der Waals surface area (Å²) in [6, 6.07) is 5.73. The minimum absolute atomic E-state index is 0.0733. The van der Waals surface area contributed by atoms with Crippen LogP contribution in [0.15, 0.2) is 18.2 Å². The standard InChI is InChI=1S/C11H16ClNO2/c1-13(8-14)6-5-9-3-4-11(15-2)10(12)7-9/h3-4,7,14H,5-6,8H2,1-2H3. The predicted octanol–water partition coefficient (Wildman–Crippen LogP) is 1.77. The Labute approximate surface area is 95.2 Å². The molecule has 0 amide bonds. The first-order valence-electron chi connectivity index (χ1n) is 4.79. The highest BCUT2D eigenvalue weighted by atomic mass is 35.5.